The Morgan fingerprint density at radius 1 is 1.20 bits per heavy atom. The number of hydrogen-bond donors (Lipinski definition) is 2. The molecule has 0 aliphatic heterocycles. The zero-order valence-electron chi connectivity index (χ0n) is 11.0. The van der Waals surface area contributed by atoms with Crippen LogP contribution < -0.4 is 11.3 Å². The fourth-order valence-electron chi connectivity index (χ4n) is 2.16. The first-order chi connectivity index (χ1) is 9.49. The van der Waals surface area contributed by atoms with Crippen molar-refractivity contribution >= 4 is 39.1 Å². The minimum atomic E-state index is -0.0258. The van der Waals surface area contributed by atoms with Gasteiger partial charge >= 0.3 is 0 Å². The molecule has 2 aromatic rings. The second kappa shape index (κ2) is 6.92. The summed E-state index contributed by atoms with van der Waals surface area (Å²) in [6.45, 7) is 2.05. The maximum atomic E-state index is 6.21. The predicted molar refractivity (Wildman–Crippen MR) is 89.1 cm³/mol. The van der Waals surface area contributed by atoms with Crippen LogP contribution in [0.4, 0.5) is 0 Å². The van der Waals surface area contributed by atoms with Gasteiger partial charge in [0.1, 0.15) is 0 Å². The van der Waals surface area contributed by atoms with Gasteiger partial charge in [0, 0.05) is 14.5 Å². The Kier molecular flexibility index (Phi) is 5.47. The van der Waals surface area contributed by atoms with Crippen LogP contribution in [0.5, 0.6) is 0 Å². The Bertz CT molecular complexity index is 597. The molecule has 2 aromatic carbocycles. The molecular weight excluding hydrogens is 359 g/mol. The molecule has 0 heterocycles. The van der Waals surface area contributed by atoms with Gasteiger partial charge in [-0.1, -0.05) is 45.2 Å². The normalized spacial score (nSPS) is 12.4. The van der Waals surface area contributed by atoms with E-state index in [-0.39, 0.29) is 6.04 Å². The number of nitrogens with two attached hydrogens (primary N) is 1. The van der Waals surface area contributed by atoms with E-state index in [2.05, 4.69) is 39.6 Å². The van der Waals surface area contributed by atoms with Gasteiger partial charge in [0.15, 0.2) is 0 Å². The molecule has 0 aliphatic carbocycles. The summed E-state index contributed by atoms with van der Waals surface area (Å²) in [5, 5.41) is 1.37. The van der Waals surface area contributed by atoms with E-state index in [0.717, 1.165) is 15.6 Å². The molecule has 20 heavy (non-hydrogen) atoms. The van der Waals surface area contributed by atoms with Crippen LogP contribution >= 0.6 is 39.1 Å². The Hall–Kier alpha value is -0.580. The average Bonchev–Trinajstić information content (AvgIpc) is 2.38. The second-order valence-corrected chi connectivity index (χ2v) is 6.48. The minimum Gasteiger partial charge on any atom is -0.271 e. The zero-order valence-corrected chi connectivity index (χ0v) is 14.1. The lowest BCUT2D eigenvalue weighted by Crippen LogP contribution is -2.29. The molecule has 2 rings (SSSR count). The molecule has 1 unspecified atom stereocenters. The molecule has 0 amide bonds. The number of hydrogen-bond acceptors (Lipinski definition) is 2. The van der Waals surface area contributed by atoms with Crippen LogP contribution in [-0.4, -0.2) is 0 Å². The summed E-state index contributed by atoms with van der Waals surface area (Å²) in [6.07, 6.45) is 0.672. The van der Waals surface area contributed by atoms with Crippen LogP contribution in [-0.2, 0) is 6.42 Å². The van der Waals surface area contributed by atoms with E-state index in [0.29, 0.717) is 16.5 Å². The van der Waals surface area contributed by atoms with Crippen LogP contribution in [0.25, 0.3) is 0 Å². The summed E-state index contributed by atoms with van der Waals surface area (Å²) in [4.78, 5) is 0. The highest BCUT2D eigenvalue weighted by atomic mass is 79.9. The standard InChI is InChI=1S/C15H15BrCl2N2/c1-9-4-11(6-12(16)5-9)15(20-19)8-10-7-13(17)2-3-14(10)18/h2-7,15,20H,8,19H2,1H3. The number of hydrazine groups is 1. The van der Waals surface area contributed by atoms with Crippen LogP contribution in [0.3, 0.4) is 0 Å². The summed E-state index contributed by atoms with van der Waals surface area (Å²) >= 11 is 15.7. The van der Waals surface area contributed by atoms with E-state index >= 15 is 0 Å². The molecule has 1 atom stereocenters. The van der Waals surface area contributed by atoms with Gasteiger partial charge in [-0.05, 0) is 60.4 Å². The Balaban J connectivity index is 2.30. The first-order valence-electron chi connectivity index (χ1n) is 6.16. The smallest absolute Gasteiger partial charge is 0.0501 e. The molecule has 2 nitrogen and oxygen atoms in total. The minimum absolute atomic E-state index is 0.0258. The number of rotatable bonds is 4. The lowest BCUT2D eigenvalue weighted by Gasteiger charge is -2.18. The van der Waals surface area contributed by atoms with Crippen molar-refractivity contribution in [3.8, 4) is 0 Å². The lowest BCUT2D eigenvalue weighted by molar-refractivity contribution is 0.551. The van der Waals surface area contributed by atoms with E-state index in [1.54, 1.807) is 12.1 Å². The second-order valence-electron chi connectivity index (χ2n) is 4.72. The topological polar surface area (TPSA) is 38.0 Å². The Morgan fingerprint density at radius 3 is 2.60 bits per heavy atom. The molecule has 3 N–H and O–H groups in total. The van der Waals surface area contributed by atoms with Gasteiger partial charge < -0.3 is 0 Å². The molecule has 0 bridgehead atoms. The van der Waals surface area contributed by atoms with Crippen LogP contribution in [0.1, 0.15) is 22.7 Å². The van der Waals surface area contributed by atoms with E-state index in [4.69, 9.17) is 29.0 Å². The Labute approximate surface area is 137 Å². The van der Waals surface area contributed by atoms with E-state index in [9.17, 15) is 0 Å². The first kappa shape index (κ1) is 15.8. The van der Waals surface area contributed by atoms with Gasteiger partial charge in [0.05, 0.1) is 6.04 Å². The number of halogens is 3. The van der Waals surface area contributed by atoms with Gasteiger partial charge in [-0.15, -0.1) is 0 Å². The van der Waals surface area contributed by atoms with Crippen molar-refractivity contribution in [1.29, 1.82) is 0 Å². The number of benzene rings is 2. The van der Waals surface area contributed by atoms with Crippen molar-refractivity contribution in [2.45, 2.75) is 19.4 Å². The molecule has 0 spiro atoms. The fraction of sp³-hybridized carbons (Fsp3) is 0.200. The summed E-state index contributed by atoms with van der Waals surface area (Å²) < 4.78 is 1.03. The highest BCUT2D eigenvalue weighted by Gasteiger charge is 2.14. The van der Waals surface area contributed by atoms with Crippen LogP contribution in [0.15, 0.2) is 40.9 Å². The van der Waals surface area contributed by atoms with Crippen LogP contribution in [0, 0.1) is 6.92 Å². The third-order valence-electron chi connectivity index (χ3n) is 3.10. The molecule has 0 fully saturated rings. The number of aryl methyl sites for hydroxylation is 1. The van der Waals surface area contributed by atoms with Crippen molar-refractivity contribution < 1.29 is 0 Å². The molecule has 106 valence electrons. The molecular formula is C15H15BrCl2N2. The zero-order chi connectivity index (χ0) is 14.7. The van der Waals surface area contributed by atoms with Gasteiger partial charge in [-0.2, -0.15) is 0 Å². The third-order valence-corrected chi connectivity index (χ3v) is 4.16. The van der Waals surface area contributed by atoms with Crippen LogP contribution in [0.2, 0.25) is 10.0 Å². The maximum Gasteiger partial charge on any atom is 0.0501 e. The molecule has 0 radical (unpaired) electrons. The highest BCUT2D eigenvalue weighted by Crippen LogP contribution is 2.27. The van der Waals surface area contributed by atoms with Crippen molar-refractivity contribution in [3.05, 3.63) is 67.6 Å². The highest BCUT2D eigenvalue weighted by molar-refractivity contribution is 9.10. The van der Waals surface area contributed by atoms with E-state index in [1.165, 1.54) is 5.56 Å². The average molecular weight is 374 g/mol. The fourth-order valence-corrected chi connectivity index (χ4v) is 3.17. The largest absolute Gasteiger partial charge is 0.271 e. The summed E-state index contributed by atoms with van der Waals surface area (Å²) in [7, 11) is 0. The molecule has 0 saturated heterocycles. The molecule has 0 aliphatic rings. The molecule has 0 saturated carbocycles. The summed E-state index contributed by atoms with van der Waals surface area (Å²) in [5.74, 6) is 5.70. The molecule has 5 heteroatoms. The Morgan fingerprint density at radius 2 is 1.95 bits per heavy atom. The SMILES string of the molecule is Cc1cc(Br)cc(C(Cc2cc(Cl)ccc2Cl)NN)c1. The van der Waals surface area contributed by atoms with Gasteiger partial charge in [0.2, 0.25) is 0 Å². The van der Waals surface area contributed by atoms with Crippen molar-refractivity contribution in [2.75, 3.05) is 0 Å². The van der Waals surface area contributed by atoms with Crippen molar-refractivity contribution in [1.82, 2.24) is 5.43 Å². The monoisotopic (exact) mass is 372 g/mol. The van der Waals surface area contributed by atoms with E-state index in [1.807, 2.05) is 13.0 Å². The van der Waals surface area contributed by atoms with E-state index < -0.39 is 0 Å². The maximum absolute atomic E-state index is 6.21. The summed E-state index contributed by atoms with van der Waals surface area (Å²) in [6, 6.07) is 11.6. The van der Waals surface area contributed by atoms with Crippen molar-refractivity contribution in [2.24, 2.45) is 5.84 Å². The van der Waals surface area contributed by atoms with Gasteiger partial charge in [-0.25, -0.2) is 0 Å². The number of nitrogens with one attached hydrogen (secondary N) is 1. The van der Waals surface area contributed by atoms with Gasteiger partial charge in [-0.3, -0.25) is 11.3 Å². The molecule has 0 aromatic heterocycles. The predicted octanol–water partition coefficient (Wildman–Crippen LogP) is 4.81. The lowest BCUT2D eigenvalue weighted by atomic mass is 9.98. The third kappa shape index (κ3) is 3.96. The van der Waals surface area contributed by atoms with Crippen molar-refractivity contribution in [3.63, 3.8) is 0 Å². The first-order valence-corrected chi connectivity index (χ1v) is 7.71. The quantitative estimate of drug-likeness (QED) is 0.596. The van der Waals surface area contributed by atoms with Gasteiger partial charge in [0.25, 0.3) is 0 Å². The summed E-state index contributed by atoms with van der Waals surface area (Å²) in [5.41, 5.74) is 6.10.